The minimum absolute atomic E-state index is 0.577. The first-order valence-electron chi connectivity index (χ1n) is 9.04. The lowest BCUT2D eigenvalue weighted by Crippen LogP contribution is -2.00. The van der Waals surface area contributed by atoms with Gasteiger partial charge in [-0.25, -0.2) is 9.97 Å². The van der Waals surface area contributed by atoms with Gasteiger partial charge in [-0.05, 0) is 42.2 Å². The molecule has 136 valence electrons. The molecule has 0 fully saturated rings. The highest BCUT2D eigenvalue weighted by molar-refractivity contribution is 5.59. The summed E-state index contributed by atoms with van der Waals surface area (Å²) in [5, 5.41) is 6.46. The fraction of sp³-hybridized carbons (Fsp3) is 0.286. The van der Waals surface area contributed by atoms with Crippen LogP contribution in [-0.4, -0.2) is 15.0 Å². The molecular weight excluding hydrogens is 322 g/mol. The van der Waals surface area contributed by atoms with Gasteiger partial charge in [0.15, 0.2) is 0 Å². The van der Waals surface area contributed by atoms with Crippen LogP contribution in [0.25, 0.3) is 0 Å². The van der Waals surface area contributed by atoms with Crippen molar-refractivity contribution in [2.24, 2.45) is 5.92 Å². The van der Waals surface area contributed by atoms with Crippen molar-refractivity contribution < 1.29 is 0 Å². The van der Waals surface area contributed by atoms with E-state index in [-0.39, 0.29) is 0 Å². The summed E-state index contributed by atoms with van der Waals surface area (Å²) in [6.07, 6.45) is 8.05. The van der Waals surface area contributed by atoms with E-state index in [9.17, 15) is 0 Å². The molecule has 2 heterocycles. The number of anilines is 4. The van der Waals surface area contributed by atoms with Crippen LogP contribution < -0.4 is 10.6 Å². The van der Waals surface area contributed by atoms with Crippen LogP contribution in [0.5, 0.6) is 0 Å². The fourth-order valence-electron chi connectivity index (χ4n) is 2.44. The Morgan fingerprint density at radius 1 is 0.846 bits per heavy atom. The number of nitrogens with zero attached hydrogens (tertiary/aromatic N) is 3. The van der Waals surface area contributed by atoms with Gasteiger partial charge in [-0.15, -0.1) is 0 Å². The van der Waals surface area contributed by atoms with E-state index in [4.69, 9.17) is 0 Å². The topological polar surface area (TPSA) is 62.7 Å². The molecule has 0 atom stereocenters. The molecule has 0 radical (unpaired) electrons. The summed E-state index contributed by atoms with van der Waals surface area (Å²) < 4.78 is 0. The van der Waals surface area contributed by atoms with Gasteiger partial charge < -0.3 is 10.6 Å². The van der Waals surface area contributed by atoms with Gasteiger partial charge >= 0.3 is 0 Å². The predicted octanol–water partition coefficient (Wildman–Crippen LogP) is 5.58. The zero-order valence-corrected chi connectivity index (χ0v) is 15.9. The lowest BCUT2D eigenvalue weighted by molar-refractivity contribution is 0.647. The van der Waals surface area contributed by atoms with E-state index in [0.29, 0.717) is 11.9 Å². The molecule has 0 unspecified atom stereocenters. The van der Waals surface area contributed by atoms with E-state index in [1.54, 1.807) is 24.8 Å². The van der Waals surface area contributed by atoms with Crippen molar-refractivity contribution >= 4 is 23.0 Å². The average molecular weight is 349 g/mol. The van der Waals surface area contributed by atoms with E-state index in [1.165, 1.54) is 5.56 Å². The second kappa shape index (κ2) is 10.1. The highest BCUT2D eigenvalue weighted by Gasteiger charge is 2.02. The standard InChI is InChI=1S/C19H21N5.C2H6/c1-14(2)9-15-5-3-6-16(10-15)24-19-21-12-18(13-22-19)23-17-7-4-8-20-11-17;1-2/h3-8,10-14,23H,9H2,1-2H3,(H,21,22,24);1-2H3. The van der Waals surface area contributed by atoms with Crippen LogP contribution >= 0.6 is 0 Å². The van der Waals surface area contributed by atoms with E-state index >= 15 is 0 Å². The lowest BCUT2D eigenvalue weighted by atomic mass is 10.0. The maximum atomic E-state index is 4.36. The third-order valence-corrected chi connectivity index (χ3v) is 3.43. The van der Waals surface area contributed by atoms with E-state index in [2.05, 4.69) is 57.6 Å². The monoisotopic (exact) mass is 349 g/mol. The minimum atomic E-state index is 0.577. The van der Waals surface area contributed by atoms with Crippen molar-refractivity contribution in [1.29, 1.82) is 0 Å². The quantitative estimate of drug-likeness (QED) is 0.608. The number of nitrogens with one attached hydrogen (secondary N) is 2. The molecule has 1 aromatic carbocycles. The van der Waals surface area contributed by atoms with Gasteiger partial charge in [-0.3, -0.25) is 4.98 Å². The van der Waals surface area contributed by atoms with Crippen LogP contribution in [0.15, 0.2) is 61.2 Å². The molecule has 5 nitrogen and oxygen atoms in total. The Balaban J connectivity index is 0.00000117. The molecule has 5 heteroatoms. The maximum absolute atomic E-state index is 4.36. The molecule has 0 saturated heterocycles. The van der Waals surface area contributed by atoms with Gasteiger partial charge in [0.05, 0.1) is 30.0 Å². The summed E-state index contributed by atoms with van der Waals surface area (Å²) in [6, 6.07) is 12.2. The van der Waals surface area contributed by atoms with Crippen LogP contribution in [-0.2, 0) is 6.42 Å². The van der Waals surface area contributed by atoms with Crippen molar-refractivity contribution in [3.8, 4) is 0 Å². The van der Waals surface area contributed by atoms with Crippen molar-refractivity contribution in [2.45, 2.75) is 34.1 Å². The highest BCUT2D eigenvalue weighted by atomic mass is 15.1. The summed E-state index contributed by atoms with van der Waals surface area (Å²) in [5.74, 6) is 1.21. The van der Waals surface area contributed by atoms with Gasteiger partial charge in [0.2, 0.25) is 5.95 Å². The van der Waals surface area contributed by atoms with Crippen LogP contribution in [0.4, 0.5) is 23.0 Å². The number of pyridine rings is 1. The molecule has 0 amide bonds. The third-order valence-electron chi connectivity index (χ3n) is 3.43. The molecule has 3 aromatic rings. The number of hydrogen-bond donors (Lipinski definition) is 2. The Morgan fingerprint density at radius 2 is 1.58 bits per heavy atom. The minimum Gasteiger partial charge on any atom is -0.352 e. The largest absolute Gasteiger partial charge is 0.352 e. The SMILES string of the molecule is CC.CC(C)Cc1cccc(Nc2ncc(Nc3cccnc3)cn2)c1. The third kappa shape index (κ3) is 6.16. The summed E-state index contributed by atoms with van der Waals surface area (Å²) >= 11 is 0. The first-order valence-corrected chi connectivity index (χ1v) is 9.04. The molecule has 26 heavy (non-hydrogen) atoms. The average Bonchev–Trinajstić information content (AvgIpc) is 2.66. The van der Waals surface area contributed by atoms with Gasteiger partial charge in [-0.2, -0.15) is 0 Å². The van der Waals surface area contributed by atoms with Gasteiger partial charge in [0.25, 0.3) is 0 Å². The van der Waals surface area contributed by atoms with Crippen LogP contribution in [0.3, 0.4) is 0 Å². The summed E-state index contributed by atoms with van der Waals surface area (Å²) in [4.78, 5) is 12.8. The highest BCUT2D eigenvalue weighted by Crippen LogP contribution is 2.18. The number of rotatable bonds is 6. The van der Waals surface area contributed by atoms with Crippen molar-refractivity contribution in [2.75, 3.05) is 10.6 Å². The maximum Gasteiger partial charge on any atom is 0.227 e. The molecule has 2 N–H and O–H groups in total. The molecule has 0 bridgehead atoms. The van der Waals surface area contributed by atoms with Crippen LogP contribution in [0, 0.1) is 5.92 Å². The Labute approximate surface area is 155 Å². The van der Waals surface area contributed by atoms with Crippen molar-refractivity contribution in [3.63, 3.8) is 0 Å². The Hall–Kier alpha value is -2.95. The van der Waals surface area contributed by atoms with Gasteiger partial charge in [0.1, 0.15) is 0 Å². The smallest absolute Gasteiger partial charge is 0.227 e. The zero-order chi connectivity index (χ0) is 18.8. The number of aromatic nitrogens is 3. The molecule has 0 saturated carbocycles. The van der Waals surface area contributed by atoms with Crippen molar-refractivity contribution in [1.82, 2.24) is 15.0 Å². The molecule has 2 aromatic heterocycles. The molecule has 0 spiro atoms. The first-order chi connectivity index (χ1) is 12.7. The first kappa shape index (κ1) is 19.4. The Bertz CT molecular complexity index is 770. The molecule has 0 aliphatic carbocycles. The summed E-state index contributed by atoms with van der Waals surface area (Å²) in [5.41, 5.74) is 4.04. The van der Waals surface area contributed by atoms with Crippen LogP contribution in [0.2, 0.25) is 0 Å². The lowest BCUT2D eigenvalue weighted by Gasteiger charge is -2.09. The zero-order valence-electron chi connectivity index (χ0n) is 15.9. The second-order valence-electron chi connectivity index (χ2n) is 6.09. The molecule has 0 aliphatic rings. The second-order valence-corrected chi connectivity index (χ2v) is 6.09. The molecule has 0 aliphatic heterocycles. The fourth-order valence-corrected chi connectivity index (χ4v) is 2.44. The van der Waals surface area contributed by atoms with Crippen molar-refractivity contribution in [3.05, 3.63) is 66.7 Å². The summed E-state index contributed by atoms with van der Waals surface area (Å²) in [7, 11) is 0. The number of hydrogen-bond acceptors (Lipinski definition) is 5. The normalized spacial score (nSPS) is 10.0. The van der Waals surface area contributed by atoms with E-state index < -0.39 is 0 Å². The van der Waals surface area contributed by atoms with Crippen LogP contribution in [0.1, 0.15) is 33.3 Å². The Morgan fingerprint density at radius 3 is 2.23 bits per heavy atom. The van der Waals surface area contributed by atoms with Gasteiger partial charge in [0, 0.05) is 11.9 Å². The predicted molar refractivity (Wildman–Crippen MR) is 109 cm³/mol. The molecular formula is C21H27N5. The van der Waals surface area contributed by atoms with E-state index in [1.807, 2.05) is 32.0 Å². The molecule has 3 rings (SSSR count). The number of benzene rings is 1. The summed E-state index contributed by atoms with van der Waals surface area (Å²) in [6.45, 7) is 8.44. The van der Waals surface area contributed by atoms with Gasteiger partial charge in [-0.1, -0.05) is 39.8 Å². The van der Waals surface area contributed by atoms with E-state index in [0.717, 1.165) is 23.5 Å². The Kier molecular flexibility index (Phi) is 7.55.